The third kappa shape index (κ3) is 5.57. The van der Waals surface area contributed by atoms with Crippen LogP contribution in [0.2, 0.25) is 0 Å². The van der Waals surface area contributed by atoms with E-state index in [2.05, 4.69) is 51.4 Å². The van der Waals surface area contributed by atoms with Gasteiger partial charge in [-0.25, -0.2) is 9.48 Å². The Labute approximate surface area is 215 Å². The van der Waals surface area contributed by atoms with Crippen LogP contribution in [0.3, 0.4) is 0 Å². The summed E-state index contributed by atoms with van der Waals surface area (Å²) in [7, 11) is 3.76. The Morgan fingerprint density at radius 2 is 1.62 bits per heavy atom. The lowest BCUT2D eigenvalue weighted by atomic mass is 10.0. The number of carboxylic acids is 1. The first kappa shape index (κ1) is 24.3. The molecule has 4 aromatic rings. The molecule has 0 atom stereocenters. The van der Waals surface area contributed by atoms with E-state index in [1.165, 1.54) is 10.4 Å². The van der Waals surface area contributed by atoms with Crippen molar-refractivity contribution in [2.45, 2.75) is 6.54 Å². The first-order chi connectivity index (χ1) is 18.0. The van der Waals surface area contributed by atoms with Crippen LogP contribution in [-0.4, -0.2) is 71.3 Å². The molecule has 1 aliphatic heterocycles. The topological polar surface area (TPSA) is 92.9 Å². The van der Waals surface area contributed by atoms with Crippen LogP contribution in [0.25, 0.3) is 11.1 Å². The van der Waals surface area contributed by atoms with Crippen molar-refractivity contribution >= 4 is 11.7 Å². The number of nitrogens with zero attached hydrogens (tertiary/aromatic N) is 5. The summed E-state index contributed by atoms with van der Waals surface area (Å²) < 4.78 is 12.6. The fraction of sp³-hybridized carbons (Fsp3) is 0.250. The number of hydrogen-bond donors (Lipinski definition) is 1. The number of carbonyl (C=O) groups is 1. The summed E-state index contributed by atoms with van der Waals surface area (Å²) in [6.07, 6.45) is 0. The minimum absolute atomic E-state index is 0.0770. The van der Waals surface area contributed by atoms with Crippen LogP contribution in [0.5, 0.6) is 17.4 Å². The summed E-state index contributed by atoms with van der Waals surface area (Å²) in [4.78, 5) is 16.5. The molecule has 0 saturated carbocycles. The van der Waals surface area contributed by atoms with Gasteiger partial charge in [-0.3, -0.25) is 0 Å². The molecule has 9 nitrogen and oxygen atoms in total. The predicted octanol–water partition coefficient (Wildman–Crippen LogP) is 4.24. The standard InChI is InChI=1S/C28H29N5O4/c1-31-14-16-32(17-15-31)23-5-3-4-22(18-23)21-8-12-25(13-9-21)37-27-26(28(34)35)29-30-33(27)19-20-6-10-24(36-2)11-7-20/h3-13,18H,14-17,19H2,1-2H3,(H,34,35). The largest absolute Gasteiger partial charge is 0.497 e. The quantitative estimate of drug-likeness (QED) is 0.385. The SMILES string of the molecule is COc1ccc(Cn2nnc(C(=O)O)c2Oc2ccc(-c3cccc(N4CCN(C)CC4)c3)cc2)cc1. The monoisotopic (exact) mass is 499 g/mol. The average Bonchev–Trinajstić information content (AvgIpc) is 3.32. The molecule has 9 heteroatoms. The van der Waals surface area contributed by atoms with E-state index < -0.39 is 5.97 Å². The molecule has 1 aromatic heterocycles. The Morgan fingerprint density at radius 1 is 0.919 bits per heavy atom. The maximum Gasteiger partial charge on any atom is 0.362 e. The fourth-order valence-electron chi connectivity index (χ4n) is 4.32. The van der Waals surface area contributed by atoms with E-state index in [0.717, 1.165) is 48.6 Å². The highest BCUT2D eigenvalue weighted by atomic mass is 16.5. The number of carboxylic acid groups (broad SMARTS) is 1. The number of hydrogen-bond acceptors (Lipinski definition) is 7. The predicted molar refractivity (Wildman–Crippen MR) is 141 cm³/mol. The number of piperazine rings is 1. The molecule has 0 unspecified atom stereocenters. The zero-order chi connectivity index (χ0) is 25.8. The van der Waals surface area contributed by atoms with Crippen molar-refractivity contribution in [2.24, 2.45) is 0 Å². The van der Waals surface area contributed by atoms with Crippen LogP contribution in [0.15, 0.2) is 72.8 Å². The Balaban J connectivity index is 1.34. The lowest BCUT2D eigenvalue weighted by molar-refractivity contribution is 0.0687. The van der Waals surface area contributed by atoms with Gasteiger partial charge in [-0.05, 0) is 60.1 Å². The van der Waals surface area contributed by atoms with Crippen LogP contribution in [0.1, 0.15) is 16.1 Å². The number of likely N-dealkylation sites (N-methyl/N-ethyl adjacent to an activating group) is 1. The van der Waals surface area contributed by atoms with Crippen LogP contribution >= 0.6 is 0 Å². The van der Waals surface area contributed by atoms with Crippen molar-refractivity contribution in [2.75, 3.05) is 45.2 Å². The first-order valence-electron chi connectivity index (χ1n) is 12.1. The van der Waals surface area contributed by atoms with E-state index in [0.29, 0.717) is 12.3 Å². The van der Waals surface area contributed by atoms with Crippen LogP contribution in [0, 0.1) is 0 Å². The third-order valence-corrected chi connectivity index (χ3v) is 6.50. The summed E-state index contributed by atoms with van der Waals surface area (Å²) in [5.74, 6) is 0.111. The van der Waals surface area contributed by atoms with E-state index >= 15 is 0 Å². The maximum atomic E-state index is 11.8. The van der Waals surface area contributed by atoms with Gasteiger partial charge >= 0.3 is 5.97 Å². The summed E-state index contributed by atoms with van der Waals surface area (Å²) in [5.41, 5.74) is 4.04. The van der Waals surface area contributed by atoms with Gasteiger partial charge in [-0.2, -0.15) is 0 Å². The summed E-state index contributed by atoms with van der Waals surface area (Å²) >= 11 is 0. The highest BCUT2D eigenvalue weighted by Crippen LogP contribution is 2.30. The van der Waals surface area contributed by atoms with Gasteiger partial charge in [0.2, 0.25) is 5.69 Å². The Hall–Kier alpha value is -4.37. The second-order valence-corrected chi connectivity index (χ2v) is 9.02. The van der Waals surface area contributed by atoms with Gasteiger partial charge < -0.3 is 24.4 Å². The number of ether oxygens (including phenoxy) is 2. The number of benzene rings is 3. The van der Waals surface area contributed by atoms with E-state index in [1.54, 1.807) is 7.11 Å². The third-order valence-electron chi connectivity index (χ3n) is 6.50. The minimum Gasteiger partial charge on any atom is -0.497 e. The van der Waals surface area contributed by atoms with Crippen molar-refractivity contribution in [1.82, 2.24) is 19.9 Å². The highest BCUT2D eigenvalue weighted by molar-refractivity contribution is 5.87. The second-order valence-electron chi connectivity index (χ2n) is 9.02. The first-order valence-corrected chi connectivity index (χ1v) is 12.1. The molecule has 3 aromatic carbocycles. The molecule has 5 rings (SSSR count). The van der Waals surface area contributed by atoms with Crippen LogP contribution in [0.4, 0.5) is 5.69 Å². The Bertz CT molecular complexity index is 1360. The second kappa shape index (κ2) is 10.7. The molecular formula is C28H29N5O4. The van der Waals surface area contributed by atoms with Crippen LogP contribution < -0.4 is 14.4 Å². The molecule has 0 amide bonds. The molecule has 0 bridgehead atoms. The van der Waals surface area contributed by atoms with E-state index in [1.807, 2.05) is 48.5 Å². The normalized spacial score (nSPS) is 13.9. The number of methoxy groups -OCH3 is 1. The smallest absolute Gasteiger partial charge is 0.362 e. The van der Waals surface area contributed by atoms with Gasteiger partial charge in [0, 0.05) is 31.9 Å². The molecule has 1 saturated heterocycles. The van der Waals surface area contributed by atoms with Gasteiger partial charge in [-0.1, -0.05) is 41.6 Å². The zero-order valence-electron chi connectivity index (χ0n) is 20.9. The lowest BCUT2D eigenvalue weighted by Crippen LogP contribution is -2.44. The molecule has 0 spiro atoms. The van der Waals surface area contributed by atoms with Crippen molar-refractivity contribution in [3.8, 4) is 28.5 Å². The summed E-state index contributed by atoms with van der Waals surface area (Å²) in [6.45, 7) is 4.43. The molecule has 37 heavy (non-hydrogen) atoms. The molecule has 190 valence electrons. The average molecular weight is 500 g/mol. The number of anilines is 1. The number of aromatic carboxylic acids is 1. The summed E-state index contributed by atoms with van der Waals surface area (Å²) in [6, 6.07) is 23.6. The number of aromatic nitrogens is 3. The van der Waals surface area contributed by atoms with E-state index in [9.17, 15) is 9.90 Å². The fourth-order valence-corrected chi connectivity index (χ4v) is 4.32. The maximum absolute atomic E-state index is 11.8. The van der Waals surface area contributed by atoms with E-state index in [-0.39, 0.29) is 11.6 Å². The molecule has 1 N–H and O–H groups in total. The van der Waals surface area contributed by atoms with Gasteiger partial charge in [0.15, 0.2) is 0 Å². The Kier molecular flexibility index (Phi) is 7.04. The van der Waals surface area contributed by atoms with Gasteiger partial charge in [-0.15, -0.1) is 5.10 Å². The molecule has 1 aliphatic rings. The molecule has 1 fully saturated rings. The number of rotatable bonds is 8. The molecular weight excluding hydrogens is 470 g/mol. The zero-order valence-corrected chi connectivity index (χ0v) is 20.9. The van der Waals surface area contributed by atoms with Crippen molar-refractivity contribution in [3.05, 3.63) is 84.1 Å². The van der Waals surface area contributed by atoms with Crippen molar-refractivity contribution in [3.63, 3.8) is 0 Å². The Morgan fingerprint density at radius 3 is 2.30 bits per heavy atom. The van der Waals surface area contributed by atoms with Crippen LogP contribution in [-0.2, 0) is 6.54 Å². The van der Waals surface area contributed by atoms with Crippen molar-refractivity contribution < 1.29 is 19.4 Å². The van der Waals surface area contributed by atoms with Crippen molar-refractivity contribution in [1.29, 1.82) is 0 Å². The van der Waals surface area contributed by atoms with E-state index in [4.69, 9.17) is 9.47 Å². The minimum atomic E-state index is -1.20. The molecule has 0 aliphatic carbocycles. The van der Waals surface area contributed by atoms with Gasteiger partial charge in [0.25, 0.3) is 5.88 Å². The van der Waals surface area contributed by atoms with Gasteiger partial charge in [0.1, 0.15) is 11.5 Å². The summed E-state index contributed by atoms with van der Waals surface area (Å²) in [5, 5.41) is 17.5. The lowest BCUT2D eigenvalue weighted by Gasteiger charge is -2.34. The van der Waals surface area contributed by atoms with Gasteiger partial charge in [0.05, 0.1) is 13.7 Å². The molecule has 0 radical (unpaired) electrons. The molecule has 2 heterocycles. The highest BCUT2D eigenvalue weighted by Gasteiger charge is 2.22.